The number of carbonyl (C=O) groups is 1. The molecule has 0 radical (unpaired) electrons. The second-order valence-electron chi connectivity index (χ2n) is 8.14. The van der Waals surface area contributed by atoms with Crippen molar-refractivity contribution in [2.75, 3.05) is 48.0 Å². The zero-order valence-corrected chi connectivity index (χ0v) is 19.7. The van der Waals surface area contributed by atoms with Gasteiger partial charge in [-0.1, -0.05) is 12.1 Å². The molecule has 0 spiro atoms. The van der Waals surface area contributed by atoms with Crippen molar-refractivity contribution in [1.82, 2.24) is 14.8 Å². The van der Waals surface area contributed by atoms with E-state index in [2.05, 4.69) is 16.0 Å². The minimum atomic E-state index is 0.161. The van der Waals surface area contributed by atoms with Crippen LogP contribution in [0.2, 0.25) is 0 Å². The van der Waals surface area contributed by atoms with E-state index < -0.39 is 0 Å². The first-order valence-corrected chi connectivity index (χ1v) is 11.2. The molecule has 2 heterocycles. The standard InChI is InChI=1S/C25H35N3O4/c1-27(21-13-17-28(18-14-21)16-12-20-7-5-6-15-26-20)23(29)11-9-19-8-10-22(30-2)25(32-4)24(19)31-3/h5-8,10,15,21H,9,11-14,16-18H2,1-4H3. The molecule has 1 aromatic heterocycles. The summed E-state index contributed by atoms with van der Waals surface area (Å²) in [6.07, 6.45) is 5.85. The van der Waals surface area contributed by atoms with Gasteiger partial charge in [0.25, 0.3) is 0 Å². The highest BCUT2D eigenvalue weighted by Crippen LogP contribution is 2.40. The number of hydrogen-bond donors (Lipinski definition) is 0. The fourth-order valence-electron chi connectivity index (χ4n) is 4.33. The number of rotatable bonds is 10. The normalized spacial score (nSPS) is 14.8. The van der Waals surface area contributed by atoms with Gasteiger partial charge in [0, 0.05) is 57.5 Å². The summed E-state index contributed by atoms with van der Waals surface area (Å²) in [4.78, 5) is 21.7. The van der Waals surface area contributed by atoms with Crippen LogP contribution in [0.4, 0.5) is 0 Å². The van der Waals surface area contributed by atoms with Gasteiger partial charge in [-0.2, -0.15) is 0 Å². The van der Waals surface area contributed by atoms with Crippen LogP contribution in [0.15, 0.2) is 36.5 Å². The van der Waals surface area contributed by atoms with Gasteiger partial charge in [0.05, 0.1) is 21.3 Å². The molecule has 0 saturated carbocycles. The highest BCUT2D eigenvalue weighted by atomic mass is 16.5. The molecule has 0 bridgehead atoms. The first-order valence-electron chi connectivity index (χ1n) is 11.2. The van der Waals surface area contributed by atoms with Crippen molar-refractivity contribution >= 4 is 5.91 Å². The Morgan fingerprint density at radius 1 is 1.03 bits per heavy atom. The van der Waals surface area contributed by atoms with Gasteiger partial charge in [-0.3, -0.25) is 9.78 Å². The lowest BCUT2D eigenvalue weighted by Gasteiger charge is -2.36. The van der Waals surface area contributed by atoms with Gasteiger partial charge in [0.1, 0.15) is 0 Å². The van der Waals surface area contributed by atoms with Crippen molar-refractivity contribution in [2.45, 2.75) is 38.1 Å². The quantitative estimate of drug-likeness (QED) is 0.564. The number of likely N-dealkylation sites (tertiary alicyclic amines) is 1. The van der Waals surface area contributed by atoms with E-state index >= 15 is 0 Å². The van der Waals surface area contributed by atoms with E-state index in [1.807, 2.05) is 42.4 Å². The van der Waals surface area contributed by atoms with Crippen LogP contribution in [0, 0.1) is 0 Å². The van der Waals surface area contributed by atoms with Gasteiger partial charge < -0.3 is 24.0 Å². The molecule has 1 aliphatic heterocycles. The van der Waals surface area contributed by atoms with Gasteiger partial charge in [-0.05, 0) is 43.0 Å². The van der Waals surface area contributed by atoms with E-state index in [9.17, 15) is 4.79 Å². The number of ether oxygens (including phenoxy) is 3. The summed E-state index contributed by atoms with van der Waals surface area (Å²) in [6.45, 7) is 3.04. The number of piperidine rings is 1. The third kappa shape index (κ3) is 5.91. The maximum absolute atomic E-state index is 12.9. The lowest BCUT2D eigenvalue weighted by Crippen LogP contribution is -2.46. The van der Waals surface area contributed by atoms with Crippen molar-refractivity contribution < 1.29 is 19.0 Å². The molecule has 32 heavy (non-hydrogen) atoms. The van der Waals surface area contributed by atoms with Crippen LogP contribution in [-0.4, -0.2) is 74.7 Å². The lowest BCUT2D eigenvalue weighted by atomic mass is 10.0. The number of carbonyl (C=O) groups excluding carboxylic acids is 1. The minimum Gasteiger partial charge on any atom is -0.493 e. The molecular weight excluding hydrogens is 406 g/mol. The average Bonchev–Trinajstić information content (AvgIpc) is 2.85. The van der Waals surface area contributed by atoms with E-state index in [0.29, 0.717) is 36.1 Å². The zero-order chi connectivity index (χ0) is 22.9. The molecular formula is C25H35N3O4. The molecule has 0 unspecified atom stereocenters. The summed E-state index contributed by atoms with van der Waals surface area (Å²) in [5, 5.41) is 0. The molecule has 1 fully saturated rings. The monoisotopic (exact) mass is 441 g/mol. The van der Waals surface area contributed by atoms with E-state index in [1.54, 1.807) is 21.3 Å². The molecule has 1 saturated heterocycles. The van der Waals surface area contributed by atoms with E-state index in [4.69, 9.17) is 14.2 Å². The third-order valence-electron chi connectivity index (χ3n) is 6.30. The zero-order valence-electron chi connectivity index (χ0n) is 19.7. The maximum Gasteiger partial charge on any atom is 0.222 e. The second-order valence-corrected chi connectivity index (χ2v) is 8.14. The maximum atomic E-state index is 12.9. The summed E-state index contributed by atoms with van der Waals surface area (Å²) < 4.78 is 16.3. The molecule has 2 aromatic rings. The van der Waals surface area contributed by atoms with Crippen LogP contribution in [0.1, 0.15) is 30.5 Å². The molecule has 1 aromatic carbocycles. The van der Waals surface area contributed by atoms with Crippen LogP contribution >= 0.6 is 0 Å². The summed E-state index contributed by atoms with van der Waals surface area (Å²) in [5.41, 5.74) is 2.07. The predicted octanol–water partition coefficient (Wildman–Crippen LogP) is 3.21. The summed E-state index contributed by atoms with van der Waals surface area (Å²) in [6, 6.07) is 10.1. The van der Waals surface area contributed by atoms with E-state index in [-0.39, 0.29) is 5.91 Å². The molecule has 1 amide bonds. The molecule has 0 atom stereocenters. The highest BCUT2D eigenvalue weighted by molar-refractivity contribution is 5.76. The second kappa shape index (κ2) is 11.7. The molecule has 0 aliphatic carbocycles. The number of aryl methyl sites for hydroxylation is 1. The summed E-state index contributed by atoms with van der Waals surface area (Å²) in [7, 11) is 6.73. The number of benzene rings is 1. The van der Waals surface area contributed by atoms with Crippen molar-refractivity contribution in [2.24, 2.45) is 0 Å². The Bertz CT molecular complexity index is 867. The van der Waals surface area contributed by atoms with Crippen molar-refractivity contribution in [3.8, 4) is 17.2 Å². The summed E-state index contributed by atoms with van der Waals surface area (Å²) in [5.74, 6) is 1.97. The lowest BCUT2D eigenvalue weighted by molar-refractivity contribution is -0.132. The topological polar surface area (TPSA) is 64.1 Å². The molecule has 7 heteroatoms. The first-order chi connectivity index (χ1) is 15.6. The predicted molar refractivity (Wildman–Crippen MR) is 125 cm³/mol. The Morgan fingerprint density at radius 3 is 2.41 bits per heavy atom. The Kier molecular flexibility index (Phi) is 8.73. The van der Waals surface area contributed by atoms with Gasteiger partial charge >= 0.3 is 0 Å². The molecule has 7 nitrogen and oxygen atoms in total. The Labute approximate surface area is 191 Å². The van der Waals surface area contributed by atoms with Gasteiger partial charge in [0.15, 0.2) is 11.5 Å². The van der Waals surface area contributed by atoms with Crippen molar-refractivity contribution in [3.05, 3.63) is 47.8 Å². The van der Waals surface area contributed by atoms with E-state index in [0.717, 1.165) is 50.2 Å². The average molecular weight is 442 g/mol. The van der Waals surface area contributed by atoms with Crippen LogP contribution < -0.4 is 14.2 Å². The summed E-state index contributed by atoms with van der Waals surface area (Å²) >= 11 is 0. The van der Waals surface area contributed by atoms with E-state index in [1.165, 1.54) is 0 Å². The van der Waals surface area contributed by atoms with Crippen LogP contribution in [-0.2, 0) is 17.6 Å². The number of nitrogens with zero attached hydrogens (tertiary/aromatic N) is 3. The van der Waals surface area contributed by atoms with Gasteiger partial charge in [-0.15, -0.1) is 0 Å². The van der Waals surface area contributed by atoms with Crippen LogP contribution in [0.5, 0.6) is 17.2 Å². The number of pyridine rings is 1. The number of methoxy groups -OCH3 is 3. The van der Waals surface area contributed by atoms with Gasteiger partial charge in [0.2, 0.25) is 11.7 Å². The highest BCUT2D eigenvalue weighted by Gasteiger charge is 2.25. The van der Waals surface area contributed by atoms with Gasteiger partial charge in [-0.25, -0.2) is 0 Å². The minimum absolute atomic E-state index is 0.161. The molecule has 174 valence electrons. The Balaban J connectivity index is 1.48. The van der Waals surface area contributed by atoms with Crippen molar-refractivity contribution in [3.63, 3.8) is 0 Å². The Morgan fingerprint density at radius 2 is 1.78 bits per heavy atom. The fraction of sp³-hybridized carbons (Fsp3) is 0.520. The van der Waals surface area contributed by atoms with Crippen LogP contribution in [0.25, 0.3) is 0 Å². The number of amides is 1. The number of aromatic nitrogens is 1. The smallest absolute Gasteiger partial charge is 0.222 e. The molecule has 3 rings (SSSR count). The largest absolute Gasteiger partial charge is 0.493 e. The third-order valence-corrected chi connectivity index (χ3v) is 6.30. The first kappa shape index (κ1) is 23.9. The number of hydrogen-bond acceptors (Lipinski definition) is 6. The fourth-order valence-corrected chi connectivity index (χ4v) is 4.33. The Hall–Kier alpha value is -2.80. The SMILES string of the molecule is COc1ccc(CCC(=O)N(C)C2CCN(CCc3ccccn3)CC2)c(OC)c1OC. The molecule has 1 aliphatic rings. The van der Waals surface area contributed by atoms with Crippen LogP contribution in [0.3, 0.4) is 0 Å². The molecule has 0 N–H and O–H groups in total. The van der Waals surface area contributed by atoms with Crippen molar-refractivity contribution in [1.29, 1.82) is 0 Å².